The number of ether oxygens (including phenoxy) is 1. The third kappa shape index (κ3) is 12.4. The summed E-state index contributed by atoms with van der Waals surface area (Å²) < 4.78 is 4.96. The molecule has 5 heteroatoms. The van der Waals surface area contributed by atoms with Crippen molar-refractivity contribution in [2.24, 2.45) is 0 Å². The van der Waals surface area contributed by atoms with E-state index in [1.165, 1.54) is 0 Å². The Morgan fingerprint density at radius 2 is 1.78 bits per heavy atom. The fourth-order valence-corrected chi connectivity index (χ4v) is 0.930. The molecule has 5 nitrogen and oxygen atoms in total. The summed E-state index contributed by atoms with van der Waals surface area (Å²) in [5.41, 5.74) is 0.458. The molecule has 0 aromatic heterocycles. The van der Waals surface area contributed by atoms with E-state index in [0.29, 0.717) is 12.2 Å². The largest absolute Gasteiger partial charge is 0.478 e. The van der Waals surface area contributed by atoms with Crippen molar-refractivity contribution in [1.82, 2.24) is 4.90 Å². The smallest absolute Gasteiger partial charge is 0.333 e. The van der Waals surface area contributed by atoms with Gasteiger partial charge in [-0.1, -0.05) is 27.0 Å². The van der Waals surface area contributed by atoms with Crippen LogP contribution in [0.15, 0.2) is 24.8 Å². The molecule has 0 unspecified atom stereocenters. The number of rotatable bonds is 7. The number of nitrogens with zero attached hydrogens (tertiary/aromatic N) is 1. The number of esters is 1. The predicted molar refractivity (Wildman–Crippen MR) is 71.4 cm³/mol. The molecule has 18 heavy (non-hydrogen) atoms. The normalized spacial score (nSPS) is 9.11. The Morgan fingerprint density at radius 3 is 2.06 bits per heavy atom. The molecule has 0 saturated carbocycles. The van der Waals surface area contributed by atoms with Crippen LogP contribution in [-0.4, -0.2) is 48.2 Å². The predicted octanol–water partition coefficient (Wildman–Crippen LogP) is 1.70. The molecule has 0 aliphatic carbocycles. The minimum atomic E-state index is -0.981. The lowest BCUT2D eigenvalue weighted by Crippen LogP contribution is -2.27. The molecular weight excluding hydrogens is 234 g/mol. The zero-order valence-electron chi connectivity index (χ0n) is 11.4. The van der Waals surface area contributed by atoms with Crippen molar-refractivity contribution in [3.8, 4) is 0 Å². The van der Waals surface area contributed by atoms with Gasteiger partial charge in [0.25, 0.3) is 0 Å². The van der Waals surface area contributed by atoms with Gasteiger partial charge in [-0.25, -0.2) is 9.59 Å². The molecule has 0 aliphatic rings. The van der Waals surface area contributed by atoms with E-state index in [1.54, 1.807) is 6.92 Å². The van der Waals surface area contributed by atoms with Crippen LogP contribution >= 0.6 is 0 Å². The summed E-state index contributed by atoms with van der Waals surface area (Å²) in [7, 11) is 0. The number of hydrogen-bond donors (Lipinski definition) is 1. The first-order chi connectivity index (χ1) is 8.38. The zero-order chi connectivity index (χ0) is 14.6. The van der Waals surface area contributed by atoms with Crippen molar-refractivity contribution in [2.45, 2.75) is 20.8 Å². The Morgan fingerprint density at radius 1 is 1.33 bits per heavy atom. The number of carboxylic acid groups (broad SMARTS) is 1. The molecule has 104 valence electrons. The van der Waals surface area contributed by atoms with Gasteiger partial charge in [0, 0.05) is 18.2 Å². The Balaban J connectivity index is 0. The lowest BCUT2D eigenvalue weighted by molar-refractivity contribution is -0.139. The molecule has 0 spiro atoms. The molecule has 0 saturated heterocycles. The lowest BCUT2D eigenvalue weighted by Gasteiger charge is -2.17. The quantitative estimate of drug-likeness (QED) is 0.555. The fraction of sp³-hybridized carbons (Fsp3) is 0.538. The Labute approximate surface area is 109 Å². The van der Waals surface area contributed by atoms with Gasteiger partial charge in [-0.2, -0.15) is 0 Å². The van der Waals surface area contributed by atoms with Gasteiger partial charge in [0.2, 0.25) is 0 Å². The molecule has 0 aromatic carbocycles. The van der Waals surface area contributed by atoms with Crippen LogP contribution in [0.3, 0.4) is 0 Å². The van der Waals surface area contributed by atoms with Gasteiger partial charge < -0.3 is 14.7 Å². The molecule has 0 rings (SSSR count). The lowest BCUT2D eigenvalue weighted by atomic mass is 10.4. The SMILES string of the molecule is C=C(C)C(=O)OCCN(CC)CC.C=CC(=O)O. The van der Waals surface area contributed by atoms with E-state index in [4.69, 9.17) is 9.84 Å². The first kappa shape index (κ1) is 18.7. The van der Waals surface area contributed by atoms with Crippen LogP contribution in [0.1, 0.15) is 20.8 Å². The highest BCUT2D eigenvalue weighted by Gasteiger charge is 2.04. The molecule has 0 heterocycles. The van der Waals surface area contributed by atoms with Crippen molar-refractivity contribution >= 4 is 11.9 Å². The summed E-state index contributed by atoms with van der Waals surface area (Å²) in [6, 6.07) is 0. The molecule has 0 aromatic rings. The second-order valence-electron chi connectivity index (χ2n) is 3.49. The summed E-state index contributed by atoms with van der Waals surface area (Å²) in [5.74, 6) is -1.28. The first-order valence-electron chi connectivity index (χ1n) is 5.79. The standard InChI is InChI=1S/C10H19NO2.C3H4O2/c1-5-11(6-2)7-8-13-10(12)9(3)4;1-2-3(4)5/h3,5-8H2,1-2,4H3;2H,1H2,(H,4,5). The molecule has 0 radical (unpaired) electrons. The van der Waals surface area contributed by atoms with Crippen LogP contribution in [0.25, 0.3) is 0 Å². The van der Waals surface area contributed by atoms with E-state index in [-0.39, 0.29) is 5.97 Å². The van der Waals surface area contributed by atoms with Gasteiger partial charge in [-0.15, -0.1) is 0 Å². The summed E-state index contributed by atoms with van der Waals surface area (Å²) in [6.45, 7) is 15.5. The zero-order valence-corrected chi connectivity index (χ0v) is 11.4. The third-order valence-electron chi connectivity index (χ3n) is 2.06. The van der Waals surface area contributed by atoms with E-state index >= 15 is 0 Å². The van der Waals surface area contributed by atoms with Crippen LogP contribution in [0, 0.1) is 0 Å². The number of carbonyl (C=O) groups excluding carboxylic acids is 1. The van der Waals surface area contributed by atoms with Crippen molar-refractivity contribution in [1.29, 1.82) is 0 Å². The van der Waals surface area contributed by atoms with E-state index in [1.807, 2.05) is 0 Å². The van der Waals surface area contributed by atoms with Crippen LogP contribution < -0.4 is 0 Å². The number of likely N-dealkylation sites (N-methyl/N-ethyl adjacent to an activating group) is 1. The highest BCUT2D eigenvalue weighted by molar-refractivity contribution is 5.86. The van der Waals surface area contributed by atoms with E-state index in [9.17, 15) is 9.59 Å². The fourth-order valence-electron chi connectivity index (χ4n) is 0.930. The Hall–Kier alpha value is -1.62. The molecule has 0 amide bonds. The van der Waals surface area contributed by atoms with Crippen LogP contribution in [-0.2, 0) is 14.3 Å². The van der Waals surface area contributed by atoms with Crippen molar-refractivity contribution in [3.63, 3.8) is 0 Å². The molecule has 0 atom stereocenters. The highest BCUT2D eigenvalue weighted by Crippen LogP contribution is 1.93. The molecule has 0 bridgehead atoms. The second-order valence-corrected chi connectivity index (χ2v) is 3.49. The summed E-state index contributed by atoms with van der Waals surface area (Å²) in [4.78, 5) is 22.4. The third-order valence-corrected chi connectivity index (χ3v) is 2.06. The molecule has 1 N–H and O–H groups in total. The van der Waals surface area contributed by atoms with Crippen LogP contribution in [0.5, 0.6) is 0 Å². The van der Waals surface area contributed by atoms with Gasteiger partial charge in [-0.05, 0) is 20.0 Å². The Kier molecular flexibility index (Phi) is 12.3. The number of aliphatic carboxylic acids is 1. The van der Waals surface area contributed by atoms with Gasteiger partial charge in [0.1, 0.15) is 6.61 Å². The summed E-state index contributed by atoms with van der Waals surface area (Å²) in [5, 5.41) is 7.60. The van der Waals surface area contributed by atoms with Crippen molar-refractivity contribution < 1.29 is 19.4 Å². The number of hydrogen-bond acceptors (Lipinski definition) is 4. The summed E-state index contributed by atoms with van der Waals surface area (Å²) >= 11 is 0. The average molecular weight is 257 g/mol. The van der Waals surface area contributed by atoms with Crippen molar-refractivity contribution in [2.75, 3.05) is 26.2 Å². The van der Waals surface area contributed by atoms with Gasteiger partial charge >= 0.3 is 11.9 Å². The maximum Gasteiger partial charge on any atom is 0.333 e. The van der Waals surface area contributed by atoms with Crippen LogP contribution in [0.2, 0.25) is 0 Å². The number of carboxylic acids is 1. The maximum atomic E-state index is 11.0. The molecule has 0 aliphatic heterocycles. The minimum Gasteiger partial charge on any atom is -0.478 e. The van der Waals surface area contributed by atoms with E-state index in [2.05, 4.69) is 31.9 Å². The van der Waals surface area contributed by atoms with E-state index in [0.717, 1.165) is 25.7 Å². The minimum absolute atomic E-state index is 0.299. The second kappa shape index (κ2) is 11.9. The van der Waals surface area contributed by atoms with Gasteiger partial charge in [0.05, 0.1) is 0 Å². The monoisotopic (exact) mass is 257 g/mol. The van der Waals surface area contributed by atoms with Gasteiger partial charge in [-0.3, -0.25) is 0 Å². The number of carbonyl (C=O) groups is 2. The first-order valence-corrected chi connectivity index (χ1v) is 5.79. The molecule has 0 fully saturated rings. The van der Waals surface area contributed by atoms with Crippen LogP contribution in [0.4, 0.5) is 0 Å². The average Bonchev–Trinajstić information content (AvgIpc) is 2.34. The van der Waals surface area contributed by atoms with Gasteiger partial charge in [0.15, 0.2) is 0 Å². The maximum absolute atomic E-state index is 11.0. The topological polar surface area (TPSA) is 66.8 Å². The van der Waals surface area contributed by atoms with E-state index < -0.39 is 5.97 Å². The Bertz CT molecular complexity index is 283. The highest BCUT2D eigenvalue weighted by atomic mass is 16.5. The summed E-state index contributed by atoms with van der Waals surface area (Å²) in [6.07, 6.45) is 0.833. The van der Waals surface area contributed by atoms with Crippen molar-refractivity contribution in [3.05, 3.63) is 24.8 Å². The molecular formula is C13H23NO4.